The summed E-state index contributed by atoms with van der Waals surface area (Å²) in [5.74, 6) is 6.09. The molecule has 0 aromatic heterocycles. The zero-order chi connectivity index (χ0) is 13.4. The van der Waals surface area contributed by atoms with Gasteiger partial charge < -0.3 is 10.1 Å². The Morgan fingerprint density at radius 2 is 2.06 bits per heavy atom. The van der Waals surface area contributed by atoms with Crippen molar-refractivity contribution in [2.45, 2.75) is 38.8 Å². The van der Waals surface area contributed by atoms with E-state index in [1.807, 2.05) is 6.92 Å². The van der Waals surface area contributed by atoms with Crippen molar-refractivity contribution in [3.8, 4) is 0 Å². The van der Waals surface area contributed by atoms with Crippen LogP contribution in [0.3, 0.4) is 0 Å². The first-order valence-corrected chi connectivity index (χ1v) is 6.68. The van der Waals surface area contributed by atoms with Gasteiger partial charge in [0.1, 0.15) is 0 Å². The smallest absolute Gasteiger partial charge is 0.206 e. The van der Waals surface area contributed by atoms with Gasteiger partial charge in [-0.2, -0.15) is 0 Å². The quantitative estimate of drug-likeness (QED) is 0.268. The third kappa shape index (κ3) is 5.20. The molecule has 1 rings (SSSR count). The second-order valence-corrected chi connectivity index (χ2v) is 4.93. The zero-order valence-electron chi connectivity index (χ0n) is 11.8. The summed E-state index contributed by atoms with van der Waals surface area (Å²) in [5.41, 5.74) is 2.60. The van der Waals surface area contributed by atoms with Gasteiger partial charge in [-0.3, -0.25) is 15.3 Å². The van der Waals surface area contributed by atoms with Gasteiger partial charge in [-0.25, -0.2) is 5.84 Å². The number of hydrogen-bond donors (Lipinski definition) is 3. The Morgan fingerprint density at radius 1 is 1.39 bits per heavy atom. The van der Waals surface area contributed by atoms with Gasteiger partial charge in [-0.1, -0.05) is 0 Å². The summed E-state index contributed by atoms with van der Waals surface area (Å²) < 4.78 is 5.06. The molecule has 4 N–H and O–H groups in total. The largest absolute Gasteiger partial charge is 0.383 e. The summed E-state index contributed by atoms with van der Waals surface area (Å²) in [4.78, 5) is 6.95. The predicted octanol–water partition coefficient (Wildman–Crippen LogP) is -0.0855. The molecule has 0 radical (unpaired) electrons. The van der Waals surface area contributed by atoms with Crippen LogP contribution in [0.15, 0.2) is 4.99 Å². The van der Waals surface area contributed by atoms with Gasteiger partial charge >= 0.3 is 0 Å². The Hall–Kier alpha value is -0.850. The molecule has 1 aliphatic heterocycles. The van der Waals surface area contributed by atoms with Gasteiger partial charge in [0.2, 0.25) is 5.96 Å². The highest BCUT2D eigenvalue weighted by Gasteiger charge is 2.17. The predicted molar refractivity (Wildman–Crippen MR) is 74.4 cm³/mol. The zero-order valence-corrected chi connectivity index (χ0v) is 11.8. The van der Waals surface area contributed by atoms with Crippen LogP contribution in [0.2, 0.25) is 0 Å². The lowest BCUT2D eigenvalue weighted by molar-refractivity contribution is 0.179. The van der Waals surface area contributed by atoms with E-state index in [1.165, 1.54) is 25.9 Å². The molecule has 0 spiro atoms. The van der Waals surface area contributed by atoms with Gasteiger partial charge in [0, 0.05) is 19.2 Å². The molecule has 0 aromatic rings. The maximum atomic E-state index is 5.46. The van der Waals surface area contributed by atoms with Gasteiger partial charge in [0.05, 0.1) is 13.2 Å². The van der Waals surface area contributed by atoms with Crippen molar-refractivity contribution in [1.82, 2.24) is 15.6 Å². The molecular weight excluding hydrogens is 230 g/mol. The first-order chi connectivity index (χ1) is 8.67. The van der Waals surface area contributed by atoms with E-state index >= 15 is 0 Å². The lowest BCUT2D eigenvalue weighted by atomic mass is 10.3. The van der Waals surface area contributed by atoms with E-state index < -0.39 is 0 Å². The molecule has 6 nitrogen and oxygen atoms in total. The van der Waals surface area contributed by atoms with Gasteiger partial charge in [0.15, 0.2) is 0 Å². The van der Waals surface area contributed by atoms with E-state index in [1.54, 1.807) is 7.11 Å². The summed E-state index contributed by atoms with van der Waals surface area (Å²) in [5, 5.41) is 3.18. The minimum Gasteiger partial charge on any atom is -0.383 e. The number of methoxy groups -OCH3 is 1. The van der Waals surface area contributed by atoms with Gasteiger partial charge in [-0.05, 0) is 39.8 Å². The average Bonchev–Trinajstić information content (AvgIpc) is 2.88. The summed E-state index contributed by atoms with van der Waals surface area (Å²) in [6.45, 7) is 8.00. The van der Waals surface area contributed by atoms with Gasteiger partial charge in [-0.15, -0.1) is 0 Å². The lowest BCUT2D eigenvalue weighted by Gasteiger charge is -2.22. The molecular formula is C12H27N5O. The molecule has 1 aliphatic rings. The van der Waals surface area contributed by atoms with Crippen molar-refractivity contribution in [1.29, 1.82) is 0 Å². The summed E-state index contributed by atoms with van der Waals surface area (Å²) in [6.07, 6.45) is 2.61. The molecule has 0 saturated carbocycles. The number of ether oxygens (including phenoxy) is 1. The molecule has 1 saturated heterocycles. The highest BCUT2D eigenvalue weighted by atomic mass is 16.5. The molecule has 0 aromatic carbocycles. The fourth-order valence-electron chi connectivity index (χ4n) is 2.18. The number of rotatable bonds is 6. The maximum absolute atomic E-state index is 5.46. The van der Waals surface area contributed by atoms with Crippen LogP contribution in [-0.4, -0.2) is 56.3 Å². The third-order valence-electron chi connectivity index (χ3n) is 3.21. The summed E-state index contributed by atoms with van der Waals surface area (Å²) in [6, 6.07) is 0.655. The molecule has 106 valence electrons. The van der Waals surface area contributed by atoms with E-state index in [0.717, 1.165) is 6.54 Å². The number of nitrogens with zero attached hydrogens (tertiary/aromatic N) is 2. The van der Waals surface area contributed by atoms with Crippen molar-refractivity contribution in [3.63, 3.8) is 0 Å². The number of likely N-dealkylation sites (tertiary alicyclic amines) is 1. The molecule has 0 bridgehead atoms. The van der Waals surface area contributed by atoms with Crippen molar-refractivity contribution in [2.24, 2.45) is 10.8 Å². The number of hydrogen-bond acceptors (Lipinski definition) is 4. The van der Waals surface area contributed by atoms with Crippen LogP contribution in [0.4, 0.5) is 0 Å². The molecule has 0 aliphatic carbocycles. The number of aliphatic imine (C=N–C) groups is 1. The third-order valence-corrected chi connectivity index (χ3v) is 3.21. The Bertz CT molecular complexity index is 253. The van der Waals surface area contributed by atoms with E-state index in [-0.39, 0.29) is 6.04 Å². The van der Waals surface area contributed by atoms with Crippen molar-refractivity contribution in [3.05, 3.63) is 0 Å². The van der Waals surface area contributed by atoms with Gasteiger partial charge in [0.25, 0.3) is 0 Å². The fraction of sp³-hybridized carbons (Fsp3) is 0.917. The standard InChI is InChI=1S/C12H27N5O/c1-10(9-18-3)15-12(16-13)14-8-11(2)17-6-4-5-7-17/h10-11H,4-9,13H2,1-3H3,(H2,14,15,16). The molecule has 1 fully saturated rings. The average molecular weight is 257 g/mol. The summed E-state index contributed by atoms with van der Waals surface area (Å²) >= 11 is 0. The minimum absolute atomic E-state index is 0.187. The monoisotopic (exact) mass is 257 g/mol. The van der Waals surface area contributed by atoms with Crippen molar-refractivity contribution in [2.75, 3.05) is 33.4 Å². The summed E-state index contributed by atoms with van der Waals surface area (Å²) in [7, 11) is 1.68. The molecule has 0 amide bonds. The molecule has 6 heteroatoms. The van der Waals surface area contributed by atoms with Crippen LogP contribution in [0.25, 0.3) is 0 Å². The van der Waals surface area contributed by atoms with Crippen LogP contribution in [0.1, 0.15) is 26.7 Å². The SMILES string of the molecule is COCC(C)NC(=NCC(C)N1CCCC1)NN. The van der Waals surface area contributed by atoms with E-state index in [4.69, 9.17) is 10.6 Å². The van der Waals surface area contributed by atoms with Crippen LogP contribution < -0.4 is 16.6 Å². The van der Waals surface area contributed by atoms with Crippen molar-refractivity contribution < 1.29 is 4.74 Å². The maximum Gasteiger partial charge on any atom is 0.206 e. The van der Waals surface area contributed by atoms with E-state index in [2.05, 4.69) is 27.6 Å². The van der Waals surface area contributed by atoms with Crippen LogP contribution >= 0.6 is 0 Å². The highest BCUT2D eigenvalue weighted by Crippen LogP contribution is 2.11. The van der Waals surface area contributed by atoms with E-state index in [9.17, 15) is 0 Å². The number of nitrogens with two attached hydrogens (primary N) is 1. The Kier molecular flexibility index (Phi) is 7.00. The minimum atomic E-state index is 0.187. The van der Waals surface area contributed by atoms with Crippen LogP contribution in [0, 0.1) is 0 Å². The first-order valence-electron chi connectivity index (χ1n) is 6.68. The normalized spacial score (nSPS) is 20.8. The van der Waals surface area contributed by atoms with Crippen molar-refractivity contribution >= 4 is 5.96 Å². The molecule has 1 heterocycles. The molecule has 18 heavy (non-hydrogen) atoms. The second kappa shape index (κ2) is 8.29. The number of hydrazine groups is 1. The Labute approximate surface area is 110 Å². The van der Waals surface area contributed by atoms with E-state index in [0.29, 0.717) is 18.6 Å². The Balaban J connectivity index is 2.36. The fourth-order valence-corrected chi connectivity index (χ4v) is 2.18. The Morgan fingerprint density at radius 3 is 2.61 bits per heavy atom. The molecule has 2 unspecified atom stereocenters. The number of guanidine groups is 1. The number of nitrogens with one attached hydrogen (secondary N) is 2. The second-order valence-electron chi connectivity index (χ2n) is 4.93. The van der Waals surface area contributed by atoms with Crippen LogP contribution in [0.5, 0.6) is 0 Å². The highest BCUT2D eigenvalue weighted by molar-refractivity contribution is 5.79. The lowest BCUT2D eigenvalue weighted by Crippen LogP contribution is -2.47. The molecule has 2 atom stereocenters. The topological polar surface area (TPSA) is 74.9 Å². The van der Waals surface area contributed by atoms with Crippen LogP contribution in [-0.2, 0) is 4.74 Å². The first kappa shape index (κ1) is 15.2.